The van der Waals surface area contributed by atoms with Gasteiger partial charge in [0.15, 0.2) is 0 Å². The van der Waals surface area contributed by atoms with E-state index in [2.05, 4.69) is 16.6 Å². The third kappa shape index (κ3) is 5.33. The zero-order valence-electron chi connectivity index (χ0n) is 10.6. The van der Waals surface area contributed by atoms with Crippen LogP contribution in [0, 0.1) is 17.8 Å². The topological polar surface area (TPSA) is 66.4 Å². The van der Waals surface area contributed by atoms with Crippen LogP contribution in [-0.2, 0) is 16.6 Å². The zero-order valence-corrected chi connectivity index (χ0v) is 12.2. The first kappa shape index (κ1) is 14.5. The van der Waals surface area contributed by atoms with Crippen LogP contribution < -0.4 is 4.72 Å². The number of rotatable bonds is 6. The molecule has 0 amide bonds. The van der Waals surface area contributed by atoms with E-state index < -0.39 is 10.0 Å². The summed E-state index contributed by atoms with van der Waals surface area (Å²) in [5.41, 5.74) is 0.870. The van der Waals surface area contributed by atoms with Gasteiger partial charge in [-0.15, -0.1) is 11.3 Å². The highest BCUT2D eigenvalue weighted by Gasteiger charge is 2.27. The molecule has 104 valence electrons. The Morgan fingerprint density at radius 2 is 2.26 bits per heavy atom. The van der Waals surface area contributed by atoms with Crippen molar-refractivity contribution in [3.05, 3.63) is 21.9 Å². The highest BCUT2D eigenvalue weighted by Crippen LogP contribution is 2.30. The van der Waals surface area contributed by atoms with Gasteiger partial charge in [-0.1, -0.05) is 11.8 Å². The van der Waals surface area contributed by atoms with Gasteiger partial charge in [0.25, 0.3) is 0 Å². The summed E-state index contributed by atoms with van der Waals surface area (Å²) in [5, 5.41) is 10.5. The highest BCUT2D eigenvalue weighted by atomic mass is 32.2. The third-order valence-electron chi connectivity index (χ3n) is 2.74. The molecule has 1 saturated carbocycles. The Labute approximate surface area is 117 Å². The molecule has 0 atom stereocenters. The quantitative estimate of drug-likeness (QED) is 0.778. The number of thiophene rings is 1. The van der Waals surface area contributed by atoms with Crippen LogP contribution in [0.1, 0.15) is 29.7 Å². The maximum atomic E-state index is 11.7. The van der Waals surface area contributed by atoms with Crippen molar-refractivity contribution >= 4 is 21.4 Å². The second-order valence-electron chi connectivity index (χ2n) is 4.62. The van der Waals surface area contributed by atoms with Gasteiger partial charge in [-0.25, -0.2) is 13.1 Å². The molecule has 2 N–H and O–H groups in total. The summed E-state index contributed by atoms with van der Waals surface area (Å²) in [6, 6.07) is 1.88. The molecule has 0 aliphatic heterocycles. The minimum Gasteiger partial charge on any atom is -0.395 e. The molecule has 0 bridgehead atoms. The molecule has 1 aromatic heterocycles. The lowest BCUT2D eigenvalue weighted by atomic mass is 10.3. The van der Waals surface area contributed by atoms with Gasteiger partial charge in [-0.2, -0.15) is 0 Å². The van der Waals surface area contributed by atoms with Crippen molar-refractivity contribution in [3.63, 3.8) is 0 Å². The van der Waals surface area contributed by atoms with E-state index in [9.17, 15) is 8.42 Å². The van der Waals surface area contributed by atoms with Crippen molar-refractivity contribution in [1.29, 1.82) is 0 Å². The molecule has 1 heterocycles. The maximum Gasteiger partial charge on any atom is 0.212 e. The van der Waals surface area contributed by atoms with Crippen LogP contribution >= 0.6 is 11.3 Å². The fourth-order valence-electron chi connectivity index (χ4n) is 1.59. The van der Waals surface area contributed by atoms with Crippen LogP contribution in [0.25, 0.3) is 0 Å². The molecule has 4 nitrogen and oxygen atoms in total. The van der Waals surface area contributed by atoms with Crippen LogP contribution in [0.3, 0.4) is 0 Å². The average molecular weight is 299 g/mol. The van der Waals surface area contributed by atoms with Crippen LogP contribution in [0.2, 0.25) is 0 Å². The Morgan fingerprint density at radius 3 is 2.95 bits per heavy atom. The number of aliphatic hydroxyl groups excluding tert-OH is 1. The predicted octanol–water partition coefficient (Wildman–Crippen LogP) is 1.31. The van der Waals surface area contributed by atoms with Gasteiger partial charge < -0.3 is 5.11 Å². The van der Waals surface area contributed by atoms with Crippen molar-refractivity contribution in [2.24, 2.45) is 5.92 Å². The molecule has 0 aromatic carbocycles. The molecule has 0 saturated heterocycles. The summed E-state index contributed by atoms with van der Waals surface area (Å²) < 4.78 is 26.0. The highest BCUT2D eigenvalue weighted by molar-refractivity contribution is 7.89. The van der Waals surface area contributed by atoms with Crippen molar-refractivity contribution in [2.75, 3.05) is 12.4 Å². The van der Waals surface area contributed by atoms with Crippen molar-refractivity contribution in [2.45, 2.75) is 25.8 Å². The lowest BCUT2D eigenvalue weighted by Gasteiger charge is -2.03. The van der Waals surface area contributed by atoms with Crippen molar-refractivity contribution in [3.8, 4) is 11.8 Å². The van der Waals surface area contributed by atoms with Crippen LogP contribution in [0.15, 0.2) is 11.4 Å². The van der Waals surface area contributed by atoms with E-state index >= 15 is 0 Å². The lowest BCUT2D eigenvalue weighted by Crippen LogP contribution is -2.26. The molecular weight excluding hydrogens is 282 g/mol. The van der Waals surface area contributed by atoms with Gasteiger partial charge >= 0.3 is 0 Å². The normalized spacial score (nSPS) is 15.0. The van der Waals surface area contributed by atoms with Gasteiger partial charge in [0.05, 0.1) is 12.4 Å². The molecule has 19 heavy (non-hydrogen) atoms. The number of hydrogen-bond donors (Lipinski definition) is 2. The Balaban J connectivity index is 1.84. The standard InChI is InChI=1S/C13H17NO3S2/c15-6-2-1-3-12-7-13(18-9-12)8-14-19(16,17)10-11-4-5-11/h7,9,11,14-15H,2,4-6,8,10H2. The molecule has 6 heteroatoms. The van der Waals surface area contributed by atoms with Gasteiger partial charge in [0, 0.05) is 28.8 Å². The van der Waals surface area contributed by atoms with E-state index in [0.717, 1.165) is 23.3 Å². The molecule has 0 unspecified atom stereocenters. The molecule has 1 aromatic rings. The fraction of sp³-hybridized carbons (Fsp3) is 0.538. The zero-order chi connectivity index (χ0) is 13.7. The maximum absolute atomic E-state index is 11.7. The average Bonchev–Trinajstić information content (AvgIpc) is 3.04. The van der Waals surface area contributed by atoms with Gasteiger partial charge in [0.1, 0.15) is 0 Å². The Morgan fingerprint density at radius 1 is 1.47 bits per heavy atom. The summed E-state index contributed by atoms with van der Waals surface area (Å²) in [6.07, 6.45) is 2.52. The fourth-order valence-corrected chi connectivity index (χ4v) is 3.89. The smallest absolute Gasteiger partial charge is 0.212 e. The Hall–Kier alpha value is -0.870. The molecule has 1 fully saturated rings. The van der Waals surface area contributed by atoms with E-state index in [-0.39, 0.29) is 12.4 Å². The van der Waals surface area contributed by atoms with Crippen LogP contribution in [-0.4, -0.2) is 25.9 Å². The Kier molecular flexibility index (Phi) is 4.99. The van der Waals surface area contributed by atoms with Crippen LogP contribution in [0.4, 0.5) is 0 Å². The third-order valence-corrected chi connectivity index (χ3v) is 5.17. The molecule has 2 rings (SSSR count). The largest absolute Gasteiger partial charge is 0.395 e. The number of nitrogens with one attached hydrogen (secondary N) is 1. The summed E-state index contributed by atoms with van der Waals surface area (Å²) in [7, 11) is -3.14. The summed E-state index contributed by atoms with van der Waals surface area (Å²) in [6.45, 7) is 0.395. The monoisotopic (exact) mass is 299 g/mol. The number of aliphatic hydroxyl groups is 1. The van der Waals surface area contributed by atoms with Crippen molar-refractivity contribution in [1.82, 2.24) is 4.72 Å². The summed E-state index contributed by atoms with van der Waals surface area (Å²) in [5.74, 6) is 6.38. The second-order valence-corrected chi connectivity index (χ2v) is 7.47. The predicted molar refractivity (Wildman–Crippen MR) is 76.3 cm³/mol. The first-order valence-corrected chi connectivity index (χ1v) is 8.77. The minimum absolute atomic E-state index is 0.0605. The molecular formula is C13H17NO3S2. The molecule has 1 aliphatic rings. The molecule has 0 spiro atoms. The lowest BCUT2D eigenvalue weighted by molar-refractivity contribution is 0.305. The Bertz CT molecular complexity index is 577. The molecule has 0 radical (unpaired) electrons. The van der Waals surface area contributed by atoms with E-state index in [1.807, 2.05) is 11.4 Å². The first-order valence-electron chi connectivity index (χ1n) is 6.23. The second kappa shape index (κ2) is 6.53. The van der Waals surface area contributed by atoms with Gasteiger partial charge in [-0.3, -0.25) is 0 Å². The van der Waals surface area contributed by atoms with Gasteiger partial charge in [-0.05, 0) is 24.8 Å². The number of hydrogen-bond acceptors (Lipinski definition) is 4. The van der Waals surface area contributed by atoms with Gasteiger partial charge in [0.2, 0.25) is 10.0 Å². The summed E-state index contributed by atoms with van der Waals surface area (Å²) in [4.78, 5) is 0.952. The van der Waals surface area contributed by atoms with E-state index in [1.54, 1.807) is 0 Å². The van der Waals surface area contributed by atoms with Crippen molar-refractivity contribution < 1.29 is 13.5 Å². The SMILES string of the molecule is O=S(=O)(CC1CC1)NCc1cc(C#CCCO)cs1. The minimum atomic E-state index is -3.14. The number of sulfonamides is 1. The van der Waals surface area contributed by atoms with E-state index in [1.165, 1.54) is 11.3 Å². The van der Waals surface area contributed by atoms with E-state index in [4.69, 9.17) is 5.11 Å². The molecule has 1 aliphatic carbocycles. The first-order chi connectivity index (χ1) is 9.09. The van der Waals surface area contributed by atoms with Crippen LogP contribution in [0.5, 0.6) is 0 Å². The van der Waals surface area contributed by atoms with E-state index in [0.29, 0.717) is 18.9 Å². The summed E-state index contributed by atoms with van der Waals surface area (Å²) >= 11 is 1.49.